The minimum absolute atomic E-state index is 0.223. The van der Waals surface area contributed by atoms with Gasteiger partial charge in [0.15, 0.2) is 0 Å². The Morgan fingerprint density at radius 2 is 1.78 bits per heavy atom. The van der Waals surface area contributed by atoms with Gasteiger partial charge in [-0.05, 0) is 57.7 Å². The first kappa shape index (κ1) is 22.8. The van der Waals surface area contributed by atoms with Crippen molar-refractivity contribution in [2.45, 2.75) is 72.8 Å². The summed E-state index contributed by atoms with van der Waals surface area (Å²) in [6.45, 7) is 12.7. The number of hydrogen-bond acceptors (Lipinski definition) is 2. The predicted octanol–water partition coefficient (Wildman–Crippen LogP) is 5.25. The van der Waals surface area contributed by atoms with Crippen molar-refractivity contribution in [3.8, 4) is 0 Å². The number of anilines is 2. The molecule has 0 saturated carbocycles. The van der Waals surface area contributed by atoms with Gasteiger partial charge in [0.25, 0.3) is 0 Å². The number of hydrogen-bond donors (Lipinski definition) is 4. The number of nitrogens with one attached hydrogen (secondary N) is 4. The molecule has 1 unspecified atom stereocenters. The van der Waals surface area contributed by atoms with Crippen LogP contribution in [0.15, 0.2) is 18.2 Å². The molecule has 0 aliphatic heterocycles. The second kappa shape index (κ2) is 10.8. The highest BCUT2D eigenvalue weighted by Gasteiger charge is 2.15. The van der Waals surface area contributed by atoms with Crippen LogP contribution >= 0.6 is 0 Å². The van der Waals surface area contributed by atoms with Gasteiger partial charge in [0, 0.05) is 23.5 Å². The Hall–Kier alpha value is -2.24. The van der Waals surface area contributed by atoms with Crippen LogP contribution in [0.3, 0.4) is 0 Å². The average molecular weight is 377 g/mol. The molecule has 27 heavy (non-hydrogen) atoms. The van der Waals surface area contributed by atoms with Crippen LogP contribution in [0.25, 0.3) is 0 Å². The van der Waals surface area contributed by atoms with Gasteiger partial charge in [-0.15, -0.1) is 0 Å². The smallest absolute Gasteiger partial charge is 0.319 e. The molecular formula is C21H36N4O2. The molecule has 0 aliphatic carbocycles. The van der Waals surface area contributed by atoms with Crippen molar-refractivity contribution in [1.29, 1.82) is 0 Å². The topological polar surface area (TPSA) is 82.3 Å². The van der Waals surface area contributed by atoms with E-state index in [1.54, 1.807) is 6.07 Å². The van der Waals surface area contributed by atoms with Crippen molar-refractivity contribution in [2.75, 3.05) is 17.2 Å². The van der Waals surface area contributed by atoms with Crippen LogP contribution in [-0.2, 0) is 0 Å². The Labute approximate surface area is 163 Å². The van der Waals surface area contributed by atoms with Crippen LogP contribution in [0.5, 0.6) is 0 Å². The highest BCUT2D eigenvalue weighted by molar-refractivity contribution is 5.93. The molecule has 0 saturated heterocycles. The van der Waals surface area contributed by atoms with Crippen molar-refractivity contribution in [3.05, 3.63) is 23.8 Å². The van der Waals surface area contributed by atoms with Gasteiger partial charge in [-0.2, -0.15) is 0 Å². The lowest BCUT2D eigenvalue weighted by atomic mass is 9.99. The van der Waals surface area contributed by atoms with E-state index in [0.717, 1.165) is 18.4 Å². The average Bonchev–Trinajstić information content (AvgIpc) is 2.56. The number of carbonyl (C=O) groups is 2. The summed E-state index contributed by atoms with van der Waals surface area (Å²) in [7, 11) is 0. The van der Waals surface area contributed by atoms with Gasteiger partial charge in [-0.25, -0.2) is 9.59 Å². The standard InChI is InChI=1S/C21H36N4O2/c1-7-9-10-16(8-2)14-22-19(26)23-17-12-11-15(3)18(13-17)24-20(27)25-21(4,5)6/h11-13,16H,7-10,14H2,1-6H3,(H2,22,23,26)(H2,24,25,27). The molecule has 0 heterocycles. The van der Waals surface area contributed by atoms with Crippen LogP contribution < -0.4 is 21.3 Å². The summed E-state index contributed by atoms with van der Waals surface area (Å²) in [6, 6.07) is 4.98. The lowest BCUT2D eigenvalue weighted by Crippen LogP contribution is -2.43. The molecule has 1 aromatic carbocycles. The van der Waals surface area contributed by atoms with Gasteiger partial charge in [-0.1, -0.05) is 39.2 Å². The van der Waals surface area contributed by atoms with Gasteiger partial charge in [0.1, 0.15) is 0 Å². The first-order chi connectivity index (χ1) is 12.6. The lowest BCUT2D eigenvalue weighted by molar-refractivity contribution is 0.243. The number of carbonyl (C=O) groups excluding carboxylic acids is 2. The molecule has 4 amide bonds. The Morgan fingerprint density at radius 3 is 2.37 bits per heavy atom. The molecule has 0 aliphatic rings. The quantitative estimate of drug-likeness (QED) is 0.499. The van der Waals surface area contributed by atoms with Crippen LogP contribution in [0.1, 0.15) is 65.9 Å². The van der Waals surface area contributed by atoms with Crippen LogP contribution in [0, 0.1) is 12.8 Å². The van der Waals surface area contributed by atoms with Gasteiger partial charge in [0.2, 0.25) is 0 Å². The number of benzene rings is 1. The van der Waals surface area contributed by atoms with Crippen LogP contribution in [-0.4, -0.2) is 24.1 Å². The van der Waals surface area contributed by atoms with Gasteiger partial charge in [-0.3, -0.25) is 0 Å². The predicted molar refractivity (Wildman–Crippen MR) is 113 cm³/mol. The molecule has 0 spiro atoms. The molecule has 0 radical (unpaired) electrons. The molecule has 1 rings (SSSR count). The lowest BCUT2D eigenvalue weighted by Gasteiger charge is -2.21. The second-order valence-electron chi connectivity index (χ2n) is 8.11. The van der Waals surface area contributed by atoms with E-state index >= 15 is 0 Å². The molecule has 4 N–H and O–H groups in total. The van der Waals surface area contributed by atoms with Crippen molar-refractivity contribution < 1.29 is 9.59 Å². The second-order valence-corrected chi connectivity index (χ2v) is 8.11. The molecule has 1 aromatic rings. The highest BCUT2D eigenvalue weighted by Crippen LogP contribution is 2.20. The molecule has 0 bridgehead atoms. The summed E-state index contributed by atoms with van der Waals surface area (Å²) in [5, 5.41) is 11.5. The van der Waals surface area contributed by atoms with E-state index in [1.807, 2.05) is 39.8 Å². The van der Waals surface area contributed by atoms with Crippen molar-refractivity contribution in [1.82, 2.24) is 10.6 Å². The maximum atomic E-state index is 12.2. The zero-order valence-corrected chi connectivity index (χ0v) is 17.7. The van der Waals surface area contributed by atoms with E-state index in [2.05, 4.69) is 35.1 Å². The first-order valence-electron chi connectivity index (χ1n) is 9.89. The number of aryl methyl sites for hydroxylation is 1. The Bertz CT molecular complexity index is 623. The Morgan fingerprint density at radius 1 is 1.07 bits per heavy atom. The van der Waals surface area contributed by atoms with E-state index in [-0.39, 0.29) is 17.6 Å². The molecule has 0 aromatic heterocycles. The normalized spacial score (nSPS) is 12.2. The molecule has 1 atom stereocenters. The minimum atomic E-state index is -0.318. The maximum absolute atomic E-state index is 12.2. The summed E-state index contributed by atoms with van der Waals surface area (Å²) < 4.78 is 0. The number of urea groups is 2. The zero-order chi connectivity index (χ0) is 20.4. The van der Waals surface area contributed by atoms with E-state index in [0.29, 0.717) is 23.8 Å². The third kappa shape index (κ3) is 9.31. The highest BCUT2D eigenvalue weighted by atomic mass is 16.2. The molecule has 6 nitrogen and oxygen atoms in total. The van der Waals surface area contributed by atoms with Gasteiger partial charge in [0.05, 0.1) is 0 Å². The zero-order valence-electron chi connectivity index (χ0n) is 17.7. The number of rotatable bonds is 8. The Kier molecular flexibility index (Phi) is 9.12. The summed E-state index contributed by atoms with van der Waals surface area (Å²) in [4.78, 5) is 24.3. The van der Waals surface area contributed by atoms with E-state index in [4.69, 9.17) is 0 Å². The van der Waals surface area contributed by atoms with E-state index in [9.17, 15) is 9.59 Å². The first-order valence-corrected chi connectivity index (χ1v) is 9.89. The van der Waals surface area contributed by atoms with Crippen molar-refractivity contribution in [2.24, 2.45) is 5.92 Å². The molecule has 152 valence electrons. The molecule has 0 fully saturated rings. The van der Waals surface area contributed by atoms with Crippen molar-refractivity contribution >= 4 is 23.4 Å². The minimum Gasteiger partial charge on any atom is -0.338 e. The molecular weight excluding hydrogens is 340 g/mol. The summed E-state index contributed by atoms with van der Waals surface area (Å²) in [6.07, 6.45) is 4.55. The Balaban J connectivity index is 2.62. The van der Waals surface area contributed by atoms with Crippen molar-refractivity contribution in [3.63, 3.8) is 0 Å². The van der Waals surface area contributed by atoms with Crippen LogP contribution in [0.2, 0.25) is 0 Å². The summed E-state index contributed by atoms with van der Waals surface area (Å²) in [5.41, 5.74) is 1.92. The summed E-state index contributed by atoms with van der Waals surface area (Å²) in [5.74, 6) is 0.507. The van der Waals surface area contributed by atoms with Crippen LogP contribution in [0.4, 0.5) is 21.0 Å². The fourth-order valence-corrected chi connectivity index (χ4v) is 2.68. The largest absolute Gasteiger partial charge is 0.338 e. The summed E-state index contributed by atoms with van der Waals surface area (Å²) >= 11 is 0. The SMILES string of the molecule is CCCCC(CC)CNC(=O)Nc1ccc(C)c(NC(=O)NC(C)(C)C)c1. The third-order valence-electron chi connectivity index (χ3n) is 4.33. The number of unbranched alkanes of at least 4 members (excludes halogenated alkanes) is 1. The molecule has 6 heteroatoms. The number of amides is 4. The maximum Gasteiger partial charge on any atom is 0.319 e. The van der Waals surface area contributed by atoms with E-state index in [1.165, 1.54) is 12.8 Å². The third-order valence-corrected chi connectivity index (χ3v) is 4.33. The van der Waals surface area contributed by atoms with Gasteiger partial charge >= 0.3 is 12.1 Å². The van der Waals surface area contributed by atoms with E-state index < -0.39 is 0 Å². The monoisotopic (exact) mass is 376 g/mol. The fraction of sp³-hybridized carbons (Fsp3) is 0.619. The fourth-order valence-electron chi connectivity index (χ4n) is 2.68. The van der Waals surface area contributed by atoms with Gasteiger partial charge < -0.3 is 21.3 Å².